The Labute approximate surface area is 169 Å². The minimum Gasteiger partial charge on any atom is -0.455 e. The first-order valence-corrected chi connectivity index (χ1v) is 11.1. The van der Waals surface area contributed by atoms with Crippen LogP contribution >= 0.6 is 0 Å². The van der Waals surface area contributed by atoms with Crippen LogP contribution in [0.15, 0.2) is 80.8 Å². The zero-order chi connectivity index (χ0) is 20.8. The highest BCUT2D eigenvalue weighted by Gasteiger charge is 2.19. The van der Waals surface area contributed by atoms with Gasteiger partial charge in [-0.2, -0.15) is 0 Å². The van der Waals surface area contributed by atoms with Crippen LogP contribution in [0.5, 0.6) is 0 Å². The van der Waals surface area contributed by atoms with Gasteiger partial charge in [0.25, 0.3) is 0 Å². The topological polar surface area (TPSA) is 64.3 Å². The van der Waals surface area contributed by atoms with Gasteiger partial charge < -0.3 is 4.42 Å². The number of para-hydroxylation sites is 1. The Morgan fingerprint density at radius 3 is 2.10 bits per heavy atom. The van der Waals surface area contributed by atoms with Gasteiger partial charge in [-0.05, 0) is 66.9 Å². The summed E-state index contributed by atoms with van der Waals surface area (Å²) in [4.78, 5) is 13.6. The predicted molar refractivity (Wildman–Crippen MR) is 116 cm³/mol. The zero-order valence-electron chi connectivity index (χ0n) is 16.4. The van der Waals surface area contributed by atoms with Gasteiger partial charge in [0, 0.05) is 11.8 Å². The quantitative estimate of drug-likeness (QED) is 0.474. The molecule has 0 N–H and O–H groups in total. The Kier molecular flexibility index (Phi) is 4.63. The van der Waals surface area contributed by atoms with Gasteiger partial charge in [-0.25, -0.2) is 8.42 Å². The molecule has 0 bridgehead atoms. The summed E-state index contributed by atoms with van der Waals surface area (Å²) in [5.74, 6) is 0.428. The molecule has 0 spiro atoms. The average molecular weight is 404 g/mol. The number of aryl methyl sites for hydroxylation is 2. The minimum atomic E-state index is -3.31. The first-order valence-electron chi connectivity index (χ1n) is 9.19. The second-order valence-corrected chi connectivity index (χ2v) is 9.24. The second-order valence-electron chi connectivity index (χ2n) is 7.23. The van der Waals surface area contributed by atoms with E-state index >= 15 is 0 Å². The van der Waals surface area contributed by atoms with Crippen LogP contribution in [0.1, 0.15) is 11.1 Å². The lowest BCUT2D eigenvalue weighted by Crippen LogP contribution is -2.07. The van der Waals surface area contributed by atoms with Crippen molar-refractivity contribution in [3.63, 3.8) is 0 Å². The van der Waals surface area contributed by atoms with Crippen LogP contribution in [0, 0.1) is 13.8 Å². The molecule has 0 radical (unpaired) electrons. The third-order valence-corrected chi connectivity index (χ3v) is 6.27. The molecule has 0 unspecified atom stereocenters. The average Bonchev–Trinajstić information content (AvgIpc) is 2.70. The van der Waals surface area contributed by atoms with E-state index in [2.05, 4.69) is 0 Å². The molecule has 0 amide bonds. The van der Waals surface area contributed by atoms with Crippen molar-refractivity contribution in [2.24, 2.45) is 0 Å². The molecule has 5 heteroatoms. The Balaban J connectivity index is 2.04. The van der Waals surface area contributed by atoms with Crippen molar-refractivity contribution in [3.8, 4) is 22.5 Å². The lowest BCUT2D eigenvalue weighted by atomic mass is 9.96. The number of fused-ring (bicyclic) bond motifs is 1. The summed E-state index contributed by atoms with van der Waals surface area (Å²) in [6, 6.07) is 19.4. The Hall–Kier alpha value is -3.18. The fraction of sp³-hybridized carbons (Fsp3) is 0.125. The Morgan fingerprint density at radius 2 is 1.45 bits per heavy atom. The third-order valence-electron chi connectivity index (χ3n) is 5.14. The molecule has 0 aliphatic carbocycles. The first kappa shape index (κ1) is 19.2. The summed E-state index contributed by atoms with van der Waals surface area (Å²) in [6.45, 7) is 4.02. The molecule has 4 nitrogen and oxygen atoms in total. The van der Waals surface area contributed by atoms with E-state index in [1.807, 2.05) is 44.2 Å². The van der Waals surface area contributed by atoms with Crippen LogP contribution in [0.3, 0.4) is 0 Å². The van der Waals surface area contributed by atoms with E-state index in [1.54, 1.807) is 24.3 Å². The van der Waals surface area contributed by atoms with E-state index < -0.39 is 9.84 Å². The van der Waals surface area contributed by atoms with Crippen molar-refractivity contribution < 1.29 is 12.8 Å². The summed E-state index contributed by atoms with van der Waals surface area (Å²) in [6.07, 6.45) is 1.17. The largest absolute Gasteiger partial charge is 0.455 e. The second kappa shape index (κ2) is 7.01. The van der Waals surface area contributed by atoms with Crippen molar-refractivity contribution in [2.75, 3.05) is 6.26 Å². The van der Waals surface area contributed by atoms with Gasteiger partial charge in [-0.1, -0.05) is 30.3 Å². The van der Waals surface area contributed by atoms with Gasteiger partial charge in [0.1, 0.15) is 11.3 Å². The van der Waals surface area contributed by atoms with Crippen molar-refractivity contribution in [1.29, 1.82) is 0 Å². The summed E-state index contributed by atoms with van der Waals surface area (Å²) in [5, 5.41) is 0.511. The number of sulfone groups is 1. The monoisotopic (exact) mass is 404 g/mol. The smallest absolute Gasteiger partial charge is 0.201 e. The van der Waals surface area contributed by atoms with E-state index in [-0.39, 0.29) is 10.3 Å². The summed E-state index contributed by atoms with van der Waals surface area (Å²) < 4.78 is 29.7. The van der Waals surface area contributed by atoms with Crippen LogP contribution in [0.2, 0.25) is 0 Å². The molecular formula is C24H20O4S. The molecule has 146 valence electrons. The van der Waals surface area contributed by atoms with E-state index in [1.165, 1.54) is 18.4 Å². The standard InChI is InChI=1S/C24H20O4S/c1-15-8-9-18(14-16(15)2)22-23(25)20-6-4-5-7-21(20)28-24(22)17-10-12-19(13-11-17)29(3,26)27/h4-14H,1-3H3. The molecule has 29 heavy (non-hydrogen) atoms. The molecule has 1 heterocycles. The van der Waals surface area contributed by atoms with Crippen LogP contribution < -0.4 is 5.43 Å². The highest BCUT2D eigenvalue weighted by Crippen LogP contribution is 2.33. The molecule has 0 fully saturated rings. The molecule has 0 aliphatic heterocycles. The molecule has 0 atom stereocenters. The van der Waals surface area contributed by atoms with E-state index in [9.17, 15) is 13.2 Å². The van der Waals surface area contributed by atoms with Crippen molar-refractivity contribution >= 4 is 20.8 Å². The van der Waals surface area contributed by atoms with Crippen molar-refractivity contribution in [2.45, 2.75) is 18.7 Å². The van der Waals surface area contributed by atoms with E-state index in [4.69, 9.17) is 4.42 Å². The van der Waals surface area contributed by atoms with Gasteiger partial charge in [0.15, 0.2) is 9.84 Å². The maximum absolute atomic E-state index is 13.4. The molecule has 0 aliphatic rings. The minimum absolute atomic E-state index is 0.114. The number of hydrogen-bond donors (Lipinski definition) is 0. The molecular weight excluding hydrogens is 384 g/mol. The molecule has 0 saturated heterocycles. The van der Waals surface area contributed by atoms with Crippen LogP contribution in [-0.2, 0) is 9.84 Å². The van der Waals surface area contributed by atoms with Crippen LogP contribution in [-0.4, -0.2) is 14.7 Å². The first-order chi connectivity index (χ1) is 13.8. The molecule has 4 aromatic rings. The SMILES string of the molecule is Cc1ccc(-c2c(-c3ccc(S(C)(=O)=O)cc3)oc3ccccc3c2=O)cc1C. The van der Waals surface area contributed by atoms with E-state index in [0.29, 0.717) is 27.9 Å². The number of rotatable bonds is 3. The van der Waals surface area contributed by atoms with Gasteiger partial charge in [0.05, 0.1) is 15.8 Å². The molecule has 1 aromatic heterocycles. The maximum Gasteiger partial charge on any atom is 0.201 e. The highest BCUT2D eigenvalue weighted by molar-refractivity contribution is 7.90. The third kappa shape index (κ3) is 3.49. The molecule has 3 aromatic carbocycles. The summed E-state index contributed by atoms with van der Waals surface area (Å²) >= 11 is 0. The van der Waals surface area contributed by atoms with Gasteiger partial charge in [-0.3, -0.25) is 4.79 Å². The van der Waals surface area contributed by atoms with E-state index in [0.717, 1.165) is 16.7 Å². The van der Waals surface area contributed by atoms with Crippen LogP contribution in [0.25, 0.3) is 33.4 Å². The number of benzene rings is 3. The summed E-state index contributed by atoms with van der Waals surface area (Å²) in [7, 11) is -3.31. The van der Waals surface area contributed by atoms with Crippen molar-refractivity contribution in [3.05, 3.63) is 88.1 Å². The van der Waals surface area contributed by atoms with Crippen LogP contribution in [0.4, 0.5) is 0 Å². The highest BCUT2D eigenvalue weighted by atomic mass is 32.2. The van der Waals surface area contributed by atoms with Crippen molar-refractivity contribution in [1.82, 2.24) is 0 Å². The maximum atomic E-state index is 13.4. The lowest BCUT2D eigenvalue weighted by Gasteiger charge is -2.12. The predicted octanol–water partition coefficient (Wildman–Crippen LogP) is 5.15. The van der Waals surface area contributed by atoms with Gasteiger partial charge in [-0.15, -0.1) is 0 Å². The molecule has 4 rings (SSSR count). The van der Waals surface area contributed by atoms with Gasteiger partial charge >= 0.3 is 0 Å². The lowest BCUT2D eigenvalue weighted by molar-refractivity contribution is 0.601. The van der Waals surface area contributed by atoms with Gasteiger partial charge in [0.2, 0.25) is 5.43 Å². The fourth-order valence-electron chi connectivity index (χ4n) is 3.36. The Bertz CT molecular complexity index is 1400. The fourth-order valence-corrected chi connectivity index (χ4v) is 3.99. The molecule has 0 saturated carbocycles. The summed E-state index contributed by atoms with van der Waals surface area (Å²) in [5.41, 5.74) is 4.48. The normalized spacial score (nSPS) is 11.7. The zero-order valence-corrected chi connectivity index (χ0v) is 17.2. The number of hydrogen-bond acceptors (Lipinski definition) is 4. The Morgan fingerprint density at radius 1 is 0.793 bits per heavy atom.